The number of aliphatic imine (C=N–C) groups is 1. The normalized spacial score (nSPS) is 12.5. The lowest BCUT2D eigenvalue weighted by atomic mass is 10.2. The molecule has 0 fully saturated rings. The van der Waals surface area contributed by atoms with Crippen LogP contribution in [-0.2, 0) is 14.8 Å². The van der Waals surface area contributed by atoms with E-state index in [9.17, 15) is 13.2 Å². The Morgan fingerprint density at radius 2 is 1.86 bits per heavy atom. The third-order valence-electron chi connectivity index (χ3n) is 2.73. The summed E-state index contributed by atoms with van der Waals surface area (Å²) in [5.74, 6) is -1.38. The molecule has 0 spiro atoms. The largest absolute Gasteiger partial charge is 0.480 e. The number of carbonyl (C=O) groups is 1. The molecule has 10 heteroatoms. The Morgan fingerprint density at radius 3 is 2.36 bits per heavy atom. The molecule has 1 aromatic carbocycles. The quantitative estimate of drug-likeness (QED) is 0.177. The highest BCUT2D eigenvalue weighted by Gasteiger charge is 2.24. The smallest absolute Gasteiger partial charge is 0.321 e. The predicted octanol–water partition coefficient (Wildman–Crippen LogP) is -0.946. The monoisotopic (exact) mass is 329 g/mol. The van der Waals surface area contributed by atoms with Crippen LogP contribution in [0.5, 0.6) is 0 Å². The van der Waals surface area contributed by atoms with Crippen LogP contribution in [0.4, 0.5) is 5.69 Å². The number of benzene rings is 1. The molecule has 22 heavy (non-hydrogen) atoms. The number of anilines is 1. The van der Waals surface area contributed by atoms with E-state index in [2.05, 4.69) is 9.71 Å². The first-order valence-corrected chi connectivity index (χ1v) is 7.87. The number of aliphatic carboxylic acids is 1. The van der Waals surface area contributed by atoms with Crippen LogP contribution in [0.25, 0.3) is 0 Å². The summed E-state index contributed by atoms with van der Waals surface area (Å²) in [4.78, 5) is 14.8. The van der Waals surface area contributed by atoms with Crippen LogP contribution in [0.1, 0.15) is 12.8 Å². The maximum atomic E-state index is 12.1. The zero-order valence-corrected chi connectivity index (χ0v) is 12.6. The maximum absolute atomic E-state index is 12.1. The minimum atomic E-state index is -3.95. The van der Waals surface area contributed by atoms with Crippen LogP contribution in [0.15, 0.2) is 34.2 Å². The average Bonchev–Trinajstić information content (AvgIpc) is 2.42. The summed E-state index contributed by atoms with van der Waals surface area (Å²) < 4.78 is 26.4. The van der Waals surface area contributed by atoms with Gasteiger partial charge in [-0.25, -0.2) is 8.42 Å². The van der Waals surface area contributed by atoms with Crippen molar-refractivity contribution in [1.82, 2.24) is 4.72 Å². The SMILES string of the molecule is NC(N)=NCCCC(NS(=O)(=O)c1ccc(N)cc1)C(=O)O. The zero-order valence-electron chi connectivity index (χ0n) is 11.8. The number of nitrogens with zero attached hydrogens (tertiary/aromatic N) is 1. The minimum absolute atomic E-state index is 0.0559. The molecule has 8 N–H and O–H groups in total. The molecule has 9 nitrogen and oxygen atoms in total. The van der Waals surface area contributed by atoms with Gasteiger partial charge >= 0.3 is 5.97 Å². The van der Waals surface area contributed by atoms with Crippen molar-refractivity contribution in [1.29, 1.82) is 0 Å². The first-order valence-electron chi connectivity index (χ1n) is 6.38. The first-order chi connectivity index (χ1) is 10.2. The minimum Gasteiger partial charge on any atom is -0.480 e. The van der Waals surface area contributed by atoms with E-state index in [0.717, 1.165) is 0 Å². The molecule has 0 bridgehead atoms. The molecule has 0 saturated heterocycles. The van der Waals surface area contributed by atoms with Crippen molar-refractivity contribution in [2.45, 2.75) is 23.8 Å². The number of nitrogen functional groups attached to an aromatic ring is 1. The van der Waals surface area contributed by atoms with E-state index in [1.165, 1.54) is 24.3 Å². The molecule has 122 valence electrons. The second kappa shape index (κ2) is 7.61. The van der Waals surface area contributed by atoms with E-state index in [-0.39, 0.29) is 23.8 Å². The van der Waals surface area contributed by atoms with Gasteiger partial charge in [0.2, 0.25) is 10.0 Å². The van der Waals surface area contributed by atoms with Crippen LogP contribution in [0, 0.1) is 0 Å². The Kier molecular flexibility index (Phi) is 6.13. The molecule has 1 rings (SSSR count). The van der Waals surface area contributed by atoms with Gasteiger partial charge < -0.3 is 22.3 Å². The highest BCUT2D eigenvalue weighted by molar-refractivity contribution is 7.89. The summed E-state index contributed by atoms with van der Waals surface area (Å²) in [5.41, 5.74) is 16.2. The average molecular weight is 329 g/mol. The Bertz CT molecular complexity index is 638. The summed E-state index contributed by atoms with van der Waals surface area (Å²) in [5, 5.41) is 9.10. The summed E-state index contributed by atoms with van der Waals surface area (Å²) >= 11 is 0. The molecular formula is C12H19N5O4S. The molecule has 0 aromatic heterocycles. The molecule has 0 saturated carbocycles. The van der Waals surface area contributed by atoms with Crippen molar-refractivity contribution < 1.29 is 18.3 Å². The van der Waals surface area contributed by atoms with Crippen LogP contribution >= 0.6 is 0 Å². The van der Waals surface area contributed by atoms with E-state index in [1.54, 1.807) is 0 Å². The first kappa shape index (κ1) is 17.7. The van der Waals surface area contributed by atoms with Crippen LogP contribution < -0.4 is 21.9 Å². The number of hydrogen-bond donors (Lipinski definition) is 5. The molecular weight excluding hydrogens is 310 g/mol. The number of carboxylic acids is 1. The van der Waals surface area contributed by atoms with Gasteiger partial charge in [-0.05, 0) is 37.1 Å². The molecule has 0 aliphatic heterocycles. The summed E-state index contributed by atoms with van der Waals surface area (Å²) in [6.07, 6.45) is 0.374. The van der Waals surface area contributed by atoms with Crippen LogP contribution in [-0.4, -0.2) is 38.0 Å². The molecule has 1 aromatic rings. The van der Waals surface area contributed by atoms with E-state index in [4.69, 9.17) is 22.3 Å². The molecule has 0 aliphatic carbocycles. The van der Waals surface area contributed by atoms with Crippen molar-refractivity contribution in [2.75, 3.05) is 12.3 Å². The maximum Gasteiger partial charge on any atom is 0.321 e. The van der Waals surface area contributed by atoms with Gasteiger partial charge in [0.25, 0.3) is 0 Å². The second-order valence-corrected chi connectivity index (χ2v) is 6.24. The van der Waals surface area contributed by atoms with E-state index in [1.807, 2.05) is 0 Å². The van der Waals surface area contributed by atoms with Gasteiger partial charge in [0.1, 0.15) is 6.04 Å². The van der Waals surface area contributed by atoms with Gasteiger partial charge in [0.15, 0.2) is 5.96 Å². The molecule has 0 aliphatic rings. The highest BCUT2D eigenvalue weighted by atomic mass is 32.2. The van der Waals surface area contributed by atoms with Gasteiger partial charge in [0, 0.05) is 12.2 Å². The summed E-state index contributed by atoms with van der Waals surface area (Å²) in [7, 11) is -3.95. The number of rotatable bonds is 8. The topological polar surface area (TPSA) is 174 Å². The third-order valence-corrected chi connectivity index (χ3v) is 4.22. The fourth-order valence-electron chi connectivity index (χ4n) is 1.64. The fraction of sp³-hybridized carbons (Fsp3) is 0.333. The summed E-state index contributed by atoms with van der Waals surface area (Å²) in [6.45, 7) is 0.218. The Hall–Kier alpha value is -2.33. The van der Waals surface area contributed by atoms with Crippen LogP contribution in [0.3, 0.4) is 0 Å². The lowest BCUT2D eigenvalue weighted by Crippen LogP contribution is -2.40. The number of carboxylic acid groups (broad SMARTS) is 1. The molecule has 0 amide bonds. The summed E-state index contributed by atoms with van der Waals surface area (Å²) in [6, 6.07) is 4.18. The van der Waals surface area contributed by atoms with Crippen LogP contribution in [0.2, 0.25) is 0 Å². The number of sulfonamides is 1. The number of guanidine groups is 1. The molecule has 0 radical (unpaired) electrons. The Labute approximate surface area is 128 Å². The fourth-order valence-corrected chi connectivity index (χ4v) is 2.86. The van der Waals surface area contributed by atoms with Crippen molar-refractivity contribution in [2.24, 2.45) is 16.5 Å². The Morgan fingerprint density at radius 1 is 1.27 bits per heavy atom. The molecule has 1 atom stereocenters. The third kappa shape index (κ3) is 5.58. The van der Waals surface area contributed by atoms with Gasteiger partial charge in [-0.15, -0.1) is 0 Å². The van der Waals surface area contributed by atoms with Crippen molar-refractivity contribution in [3.05, 3.63) is 24.3 Å². The number of nitrogens with two attached hydrogens (primary N) is 3. The van der Waals surface area contributed by atoms with E-state index >= 15 is 0 Å². The van der Waals surface area contributed by atoms with Gasteiger partial charge in [-0.1, -0.05) is 0 Å². The molecule has 0 heterocycles. The van der Waals surface area contributed by atoms with E-state index in [0.29, 0.717) is 12.1 Å². The van der Waals surface area contributed by atoms with Crippen molar-refractivity contribution >= 4 is 27.6 Å². The number of hydrogen-bond acceptors (Lipinski definition) is 5. The highest BCUT2D eigenvalue weighted by Crippen LogP contribution is 2.13. The molecule has 1 unspecified atom stereocenters. The van der Waals surface area contributed by atoms with Gasteiger partial charge in [-0.2, -0.15) is 4.72 Å². The number of nitrogens with one attached hydrogen (secondary N) is 1. The standard InChI is InChI=1S/C12H19N5O4S/c13-8-3-5-9(6-4-8)22(20,21)17-10(11(18)19)2-1-7-16-12(14)15/h3-6,10,17H,1-2,7,13H2,(H,18,19)(H4,14,15,16). The van der Waals surface area contributed by atoms with E-state index < -0.39 is 22.0 Å². The second-order valence-electron chi connectivity index (χ2n) is 4.53. The lowest BCUT2D eigenvalue weighted by Gasteiger charge is -2.14. The lowest BCUT2D eigenvalue weighted by molar-refractivity contribution is -0.139. The van der Waals surface area contributed by atoms with Crippen molar-refractivity contribution in [3.63, 3.8) is 0 Å². The van der Waals surface area contributed by atoms with Crippen molar-refractivity contribution in [3.8, 4) is 0 Å². The Balaban J connectivity index is 2.75. The van der Waals surface area contributed by atoms with Gasteiger partial charge in [0.05, 0.1) is 4.90 Å². The zero-order chi connectivity index (χ0) is 16.8. The van der Waals surface area contributed by atoms with Gasteiger partial charge in [-0.3, -0.25) is 9.79 Å². The predicted molar refractivity (Wildman–Crippen MR) is 82.5 cm³/mol.